The van der Waals surface area contributed by atoms with E-state index in [1.165, 1.54) is 12.8 Å². The van der Waals surface area contributed by atoms with Crippen LogP contribution in [0.15, 0.2) is 42.6 Å². The van der Waals surface area contributed by atoms with Crippen LogP contribution in [0.25, 0.3) is 0 Å². The van der Waals surface area contributed by atoms with E-state index in [4.69, 9.17) is 17.0 Å². The van der Waals surface area contributed by atoms with Crippen LogP contribution >= 0.6 is 12.2 Å². The van der Waals surface area contributed by atoms with Crippen LogP contribution in [0.5, 0.6) is 0 Å². The predicted molar refractivity (Wildman–Crippen MR) is 95.1 cm³/mol. The largest absolute Gasteiger partial charge is 0.478 e. The number of unbranched alkanes of at least 4 members (excludes halogenated alkanes) is 2. The lowest BCUT2D eigenvalue weighted by molar-refractivity contribution is 0.301. The molecule has 0 spiro atoms. The summed E-state index contributed by atoms with van der Waals surface area (Å²) in [5.41, 5.74) is 4.33. The quantitative estimate of drug-likeness (QED) is 0.529. The minimum absolute atomic E-state index is 0.502. The van der Waals surface area contributed by atoms with Crippen LogP contribution in [0.2, 0.25) is 0 Å². The number of ether oxygens (including phenoxy) is 1. The topological polar surface area (TPSA) is 22.1 Å². The maximum Gasteiger partial charge on any atom is 0.193 e. The summed E-state index contributed by atoms with van der Waals surface area (Å²) < 4.78 is 5.83. The van der Waals surface area contributed by atoms with Gasteiger partial charge in [0.2, 0.25) is 0 Å². The number of thiocarbonyl (C=S) groups is 1. The Bertz CT molecular complexity index is 610. The smallest absolute Gasteiger partial charge is 0.193 e. The maximum atomic E-state index is 5.83. The van der Waals surface area contributed by atoms with Crippen molar-refractivity contribution in [2.45, 2.75) is 46.1 Å². The standard InChI is InChI=1S/C19H23NOS/c1-3-4-6-11-17-18(15(2)12-13-20-17)19(22)21-14-16-9-7-5-8-10-16/h5,7-10,12-13H,3-4,6,11,14H2,1-2H3. The van der Waals surface area contributed by atoms with Gasteiger partial charge in [-0.25, -0.2) is 0 Å². The maximum absolute atomic E-state index is 5.83. The fourth-order valence-corrected chi connectivity index (χ4v) is 2.76. The first-order valence-electron chi connectivity index (χ1n) is 7.88. The van der Waals surface area contributed by atoms with Crippen LogP contribution < -0.4 is 0 Å². The fourth-order valence-electron chi connectivity index (χ4n) is 2.42. The normalized spacial score (nSPS) is 10.5. The average Bonchev–Trinajstić information content (AvgIpc) is 2.54. The second kappa shape index (κ2) is 8.64. The molecular formula is C19H23NOS. The molecule has 3 heteroatoms. The molecule has 0 atom stereocenters. The first kappa shape index (κ1) is 16.6. The van der Waals surface area contributed by atoms with E-state index < -0.39 is 0 Å². The highest BCUT2D eigenvalue weighted by Crippen LogP contribution is 2.17. The Morgan fingerprint density at radius 1 is 1.14 bits per heavy atom. The molecule has 0 saturated heterocycles. The van der Waals surface area contributed by atoms with Crippen LogP contribution in [0, 0.1) is 6.92 Å². The number of benzene rings is 1. The molecule has 0 radical (unpaired) electrons. The van der Waals surface area contributed by atoms with Gasteiger partial charge in [-0.2, -0.15) is 0 Å². The average molecular weight is 313 g/mol. The van der Waals surface area contributed by atoms with Crippen LogP contribution in [0.1, 0.15) is 48.6 Å². The molecule has 2 rings (SSSR count). The Morgan fingerprint density at radius 2 is 1.91 bits per heavy atom. The molecule has 1 aromatic carbocycles. The van der Waals surface area contributed by atoms with Gasteiger partial charge < -0.3 is 4.74 Å². The van der Waals surface area contributed by atoms with Crippen LogP contribution in [-0.4, -0.2) is 10.0 Å². The minimum atomic E-state index is 0.502. The molecule has 2 aromatic rings. The van der Waals surface area contributed by atoms with E-state index in [0.717, 1.165) is 35.2 Å². The Balaban J connectivity index is 2.07. The number of aromatic nitrogens is 1. The number of nitrogens with zero attached hydrogens (tertiary/aromatic N) is 1. The Kier molecular flexibility index (Phi) is 6.53. The Hall–Kier alpha value is -1.74. The van der Waals surface area contributed by atoms with Gasteiger partial charge >= 0.3 is 0 Å². The van der Waals surface area contributed by atoms with Crippen molar-refractivity contribution >= 4 is 17.3 Å². The highest BCUT2D eigenvalue weighted by atomic mass is 32.1. The van der Waals surface area contributed by atoms with Crippen LogP contribution in [0.3, 0.4) is 0 Å². The van der Waals surface area contributed by atoms with Gasteiger partial charge in [0.15, 0.2) is 5.05 Å². The molecule has 0 aliphatic rings. The summed E-state index contributed by atoms with van der Waals surface area (Å²) in [6.45, 7) is 4.78. The molecule has 1 aromatic heterocycles. The van der Waals surface area contributed by atoms with Crippen LogP contribution in [0.4, 0.5) is 0 Å². The third kappa shape index (κ3) is 4.63. The molecule has 0 N–H and O–H groups in total. The van der Waals surface area contributed by atoms with Gasteiger partial charge in [0.25, 0.3) is 0 Å². The van der Waals surface area contributed by atoms with Gasteiger partial charge in [0, 0.05) is 6.20 Å². The molecule has 116 valence electrons. The summed E-state index contributed by atoms with van der Waals surface area (Å²) in [6.07, 6.45) is 6.38. The second-order valence-electron chi connectivity index (χ2n) is 5.47. The van der Waals surface area contributed by atoms with Gasteiger partial charge in [-0.3, -0.25) is 4.98 Å². The van der Waals surface area contributed by atoms with Crippen LogP contribution in [-0.2, 0) is 17.8 Å². The van der Waals surface area contributed by atoms with E-state index in [-0.39, 0.29) is 0 Å². The summed E-state index contributed by atoms with van der Waals surface area (Å²) in [5, 5.41) is 0.556. The molecule has 0 bridgehead atoms. The zero-order valence-electron chi connectivity index (χ0n) is 13.3. The summed E-state index contributed by atoms with van der Waals surface area (Å²) in [5.74, 6) is 0. The van der Waals surface area contributed by atoms with Gasteiger partial charge in [0.05, 0.1) is 11.3 Å². The van der Waals surface area contributed by atoms with Crippen molar-refractivity contribution in [2.24, 2.45) is 0 Å². The Morgan fingerprint density at radius 3 is 2.64 bits per heavy atom. The van der Waals surface area contributed by atoms with Crippen molar-refractivity contribution in [1.29, 1.82) is 0 Å². The lowest BCUT2D eigenvalue weighted by Gasteiger charge is -2.14. The van der Waals surface area contributed by atoms with Crippen molar-refractivity contribution in [3.63, 3.8) is 0 Å². The van der Waals surface area contributed by atoms with Crippen molar-refractivity contribution in [2.75, 3.05) is 0 Å². The van der Waals surface area contributed by atoms with Crippen molar-refractivity contribution in [3.8, 4) is 0 Å². The molecule has 0 aliphatic heterocycles. The van der Waals surface area contributed by atoms with E-state index in [2.05, 4.69) is 18.8 Å². The summed E-state index contributed by atoms with van der Waals surface area (Å²) in [7, 11) is 0. The lowest BCUT2D eigenvalue weighted by atomic mass is 10.0. The molecule has 0 aliphatic carbocycles. The predicted octanol–water partition coefficient (Wildman–Crippen LogP) is 5.02. The molecule has 22 heavy (non-hydrogen) atoms. The lowest BCUT2D eigenvalue weighted by Crippen LogP contribution is -2.11. The van der Waals surface area contributed by atoms with Crippen molar-refractivity contribution in [1.82, 2.24) is 4.98 Å². The highest BCUT2D eigenvalue weighted by Gasteiger charge is 2.13. The second-order valence-corrected chi connectivity index (χ2v) is 5.84. The third-order valence-corrected chi connectivity index (χ3v) is 3.99. The molecule has 0 amide bonds. The summed E-state index contributed by atoms with van der Waals surface area (Å²) in [6, 6.07) is 12.1. The molecule has 2 nitrogen and oxygen atoms in total. The van der Waals surface area contributed by atoms with E-state index in [1.54, 1.807) is 0 Å². The van der Waals surface area contributed by atoms with Gasteiger partial charge in [-0.15, -0.1) is 0 Å². The Labute approximate surface area is 138 Å². The zero-order chi connectivity index (χ0) is 15.8. The first-order chi connectivity index (χ1) is 10.7. The zero-order valence-corrected chi connectivity index (χ0v) is 14.2. The number of pyridine rings is 1. The van der Waals surface area contributed by atoms with E-state index in [0.29, 0.717) is 11.7 Å². The first-order valence-corrected chi connectivity index (χ1v) is 8.28. The van der Waals surface area contributed by atoms with Gasteiger partial charge in [-0.05, 0) is 49.2 Å². The highest BCUT2D eigenvalue weighted by molar-refractivity contribution is 7.80. The number of hydrogen-bond donors (Lipinski definition) is 0. The van der Waals surface area contributed by atoms with Crippen molar-refractivity contribution < 1.29 is 4.74 Å². The minimum Gasteiger partial charge on any atom is -0.478 e. The summed E-state index contributed by atoms with van der Waals surface area (Å²) >= 11 is 5.51. The molecule has 1 heterocycles. The molecule has 0 saturated carbocycles. The van der Waals surface area contributed by atoms with E-state index in [9.17, 15) is 0 Å². The number of aryl methyl sites for hydroxylation is 2. The molecular weight excluding hydrogens is 290 g/mol. The van der Waals surface area contributed by atoms with Gasteiger partial charge in [0.1, 0.15) is 6.61 Å². The molecule has 0 unspecified atom stereocenters. The third-order valence-electron chi connectivity index (χ3n) is 3.67. The molecule has 0 fully saturated rings. The monoisotopic (exact) mass is 313 g/mol. The number of hydrogen-bond acceptors (Lipinski definition) is 3. The number of rotatable bonds is 7. The SMILES string of the molecule is CCCCCc1nccc(C)c1C(=S)OCc1ccccc1. The van der Waals surface area contributed by atoms with E-state index in [1.807, 2.05) is 42.6 Å². The van der Waals surface area contributed by atoms with Crippen molar-refractivity contribution in [3.05, 3.63) is 65.0 Å². The van der Waals surface area contributed by atoms with Gasteiger partial charge in [-0.1, -0.05) is 50.1 Å². The fraction of sp³-hybridized carbons (Fsp3) is 0.368. The summed E-state index contributed by atoms with van der Waals surface area (Å²) in [4.78, 5) is 4.52. The van der Waals surface area contributed by atoms with E-state index >= 15 is 0 Å².